The molecule has 0 bridgehead atoms. The number of carbonyl (C=O) groups excluding carboxylic acids is 1. The fourth-order valence-electron chi connectivity index (χ4n) is 2.19. The number of hydrogen-bond donors (Lipinski definition) is 1. The number of rotatable bonds is 4. The molecule has 1 N–H and O–H groups in total. The number of amides is 1. The van der Waals surface area contributed by atoms with Crippen LogP contribution in [0.4, 0.5) is 5.69 Å². The van der Waals surface area contributed by atoms with E-state index >= 15 is 0 Å². The minimum Gasteiger partial charge on any atom is -0.495 e. The first-order chi connectivity index (χ1) is 9.10. The molecule has 1 unspecified atom stereocenters. The second-order valence-corrected chi connectivity index (χ2v) is 4.82. The van der Waals surface area contributed by atoms with Gasteiger partial charge in [0, 0.05) is 31.6 Å². The van der Waals surface area contributed by atoms with Gasteiger partial charge in [0.25, 0.3) is 0 Å². The molecule has 1 amide bonds. The summed E-state index contributed by atoms with van der Waals surface area (Å²) in [6, 6.07) is 3.30. The van der Waals surface area contributed by atoms with Crippen molar-refractivity contribution in [3.8, 4) is 11.5 Å². The third-order valence-electron chi connectivity index (χ3n) is 3.21. The zero-order valence-corrected chi connectivity index (χ0v) is 11.6. The Kier molecular flexibility index (Phi) is 4.17. The Hall–Kier alpha value is -1.46. The number of benzene rings is 1. The Morgan fingerprint density at radius 3 is 2.58 bits per heavy atom. The minimum atomic E-state index is -0.0434. The van der Waals surface area contributed by atoms with Gasteiger partial charge < -0.3 is 19.5 Å². The number of ether oxygens (including phenoxy) is 2. The van der Waals surface area contributed by atoms with Crippen LogP contribution in [0.5, 0.6) is 11.5 Å². The van der Waals surface area contributed by atoms with Crippen LogP contribution in [0.2, 0.25) is 5.02 Å². The van der Waals surface area contributed by atoms with E-state index in [1.54, 1.807) is 17.0 Å². The standard InChI is InChI=1S/C13H16ClNO4/c1-18-11-5-12(19-2)10(4-9(11)14)15-6-8(7-16)3-13(15)17/h4-5,8,16H,3,6-7H2,1-2H3. The minimum absolute atomic E-state index is 0.00551. The first kappa shape index (κ1) is 14.0. The summed E-state index contributed by atoms with van der Waals surface area (Å²) >= 11 is 6.09. The molecule has 1 fully saturated rings. The molecule has 0 aromatic heterocycles. The topological polar surface area (TPSA) is 59.0 Å². The molecule has 0 saturated carbocycles. The zero-order valence-electron chi connectivity index (χ0n) is 10.9. The van der Waals surface area contributed by atoms with Crippen molar-refractivity contribution in [2.45, 2.75) is 6.42 Å². The van der Waals surface area contributed by atoms with Crippen LogP contribution in [-0.2, 0) is 4.79 Å². The molecular weight excluding hydrogens is 270 g/mol. The Bertz CT molecular complexity index is 492. The van der Waals surface area contributed by atoms with E-state index in [0.717, 1.165) is 0 Å². The van der Waals surface area contributed by atoms with E-state index in [1.807, 2.05) is 0 Å². The molecule has 1 aliphatic rings. The molecule has 1 atom stereocenters. The summed E-state index contributed by atoms with van der Waals surface area (Å²) in [6.45, 7) is 0.461. The van der Waals surface area contributed by atoms with Crippen LogP contribution >= 0.6 is 11.6 Å². The molecule has 0 aliphatic carbocycles. The maximum atomic E-state index is 12.0. The third-order valence-corrected chi connectivity index (χ3v) is 3.50. The normalized spacial score (nSPS) is 18.8. The Morgan fingerprint density at radius 1 is 1.37 bits per heavy atom. The first-order valence-electron chi connectivity index (χ1n) is 5.93. The number of hydrogen-bond acceptors (Lipinski definition) is 4. The predicted octanol–water partition coefficient (Wildman–Crippen LogP) is 1.70. The molecule has 6 heteroatoms. The number of carbonyl (C=O) groups is 1. The highest BCUT2D eigenvalue weighted by atomic mass is 35.5. The van der Waals surface area contributed by atoms with Gasteiger partial charge in [0.05, 0.1) is 24.9 Å². The fraction of sp³-hybridized carbons (Fsp3) is 0.462. The van der Waals surface area contributed by atoms with Gasteiger partial charge in [-0.1, -0.05) is 11.6 Å². The van der Waals surface area contributed by atoms with Crippen molar-refractivity contribution in [3.05, 3.63) is 17.2 Å². The van der Waals surface area contributed by atoms with Gasteiger partial charge in [-0.3, -0.25) is 4.79 Å². The van der Waals surface area contributed by atoms with Crippen LogP contribution in [0.1, 0.15) is 6.42 Å². The SMILES string of the molecule is COc1cc(OC)c(N2CC(CO)CC2=O)cc1Cl. The van der Waals surface area contributed by atoms with E-state index in [1.165, 1.54) is 14.2 Å². The van der Waals surface area contributed by atoms with Crippen molar-refractivity contribution in [1.82, 2.24) is 0 Å². The van der Waals surface area contributed by atoms with E-state index in [-0.39, 0.29) is 18.4 Å². The van der Waals surface area contributed by atoms with Crippen molar-refractivity contribution in [1.29, 1.82) is 0 Å². The lowest BCUT2D eigenvalue weighted by molar-refractivity contribution is -0.117. The zero-order chi connectivity index (χ0) is 14.0. The predicted molar refractivity (Wildman–Crippen MR) is 72.1 cm³/mol. The average Bonchev–Trinajstić information content (AvgIpc) is 2.79. The molecular formula is C13H16ClNO4. The molecule has 5 nitrogen and oxygen atoms in total. The van der Waals surface area contributed by atoms with Gasteiger partial charge in [0.15, 0.2) is 0 Å². The van der Waals surface area contributed by atoms with Gasteiger partial charge in [-0.2, -0.15) is 0 Å². The van der Waals surface area contributed by atoms with Crippen molar-refractivity contribution in [2.75, 3.05) is 32.3 Å². The lowest BCUT2D eigenvalue weighted by Gasteiger charge is -2.20. The molecule has 0 spiro atoms. The summed E-state index contributed by atoms with van der Waals surface area (Å²) in [5.74, 6) is 0.928. The van der Waals surface area contributed by atoms with Gasteiger partial charge in [-0.25, -0.2) is 0 Å². The molecule has 19 heavy (non-hydrogen) atoms. The maximum absolute atomic E-state index is 12.0. The Morgan fingerprint density at radius 2 is 2.05 bits per heavy atom. The highest BCUT2D eigenvalue weighted by molar-refractivity contribution is 6.32. The lowest BCUT2D eigenvalue weighted by atomic mass is 10.1. The largest absolute Gasteiger partial charge is 0.495 e. The highest BCUT2D eigenvalue weighted by Gasteiger charge is 2.32. The van der Waals surface area contributed by atoms with Gasteiger partial charge in [0.2, 0.25) is 5.91 Å². The maximum Gasteiger partial charge on any atom is 0.227 e. The van der Waals surface area contributed by atoms with Crippen LogP contribution in [-0.4, -0.2) is 38.4 Å². The second-order valence-electron chi connectivity index (χ2n) is 4.42. The fourth-order valence-corrected chi connectivity index (χ4v) is 2.43. The molecule has 1 heterocycles. The summed E-state index contributed by atoms with van der Waals surface area (Å²) in [7, 11) is 3.04. The summed E-state index contributed by atoms with van der Waals surface area (Å²) in [5, 5.41) is 9.57. The molecule has 0 radical (unpaired) electrons. The summed E-state index contributed by atoms with van der Waals surface area (Å²) in [5.41, 5.74) is 0.606. The second kappa shape index (κ2) is 5.67. The van der Waals surface area contributed by atoms with E-state index < -0.39 is 0 Å². The van der Waals surface area contributed by atoms with Gasteiger partial charge in [-0.15, -0.1) is 0 Å². The highest BCUT2D eigenvalue weighted by Crippen LogP contribution is 2.40. The van der Waals surface area contributed by atoms with Crippen LogP contribution in [0.15, 0.2) is 12.1 Å². The molecule has 1 aromatic carbocycles. The van der Waals surface area contributed by atoms with E-state index in [0.29, 0.717) is 35.2 Å². The quantitative estimate of drug-likeness (QED) is 0.915. The molecule has 2 rings (SSSR count). The Balaban J connectivity index is 2.39. The van der Waals surface area contributed by atoms with Crippen molar-refractivity contribution < 1.29 is 19.4 Å². The smallest absolute Gasteiger partial charge is 0.227 e. The number of methoxy groups -OCH3 is 2. The molecule has 104 valence electrons. The summed E-state index contributed by atoms with van der Waals surface area (Å²) in [6.07, 6.45) is 0.337. The summed E-state index contributed by atoms with van der Waals surface area (Å²) in [4.78, 5) is 13.6. The number of aliphatic hydroxyl groups excluding tert-OH is 1. The average molecular weight is 286 g/mol. The number of aliphatic hydroxyl groups is 1. The van der Waals surface area contributed by atoms with Crippen LogP contribution < -0.4 is 14.4 Å². The van der Waals surface area contributed by atoms with Crippen molar-refractivity contribution >= 4 is 23.2 Å². The van der Waals surface area contributed by atoms with E-state index in [4.69, 9.17) is 26.2 Å². The number of anilines is 1. The van der Waals surface area contributed by atoms with Crippen molar-refractivity contribution in [2.24, 2.45) is 5.92 Å². The van der Waals surface area contributed by atoms with E-state index in [9.17, 15) is 4.79 Å². The number of halogens is 1. The molecule has 1 saturated heterocycles. The van der Waals surface area contributed by atoms with Gasteiger partial charge >= 0.3 is 0 Å². The van der Waals surface area contributed by atoms with E-state index in [2.05, 4.69) is 0 Å². The lowest BCUT2D eigenvalue weighted by Crippen LogP contribution is -2.25. The van der Waals surface area contributed by atoms with Crippen LogP contribution in [0.25, 0.3) is 0 Å². The van der Waals surface area contributed by atoms with Crippen LogP contribution in [0.3, 0.4) is 0 Å². The number of nitrogens with zero attached hydrogens (tertiary/aromatic N) is 1. The van der Waals surface area contributed by atoms with Crippen molar-refractivity contribution in [3.63, 3.8) is 0 Å². The van der Waals surface area contributed by atoms with Gasteiger partial charge in [-0.05, 0) is 6.07 Å². The third kappa shape index (κ3) is 2.62. The first-order valence-corrected chi connectivity index (χ1v) is 6.31. The van der Waals surface area contributed by atoms with Gasteiger partial charge in [0.1, 0.15) is 11.5 Å². The Labute approximate surface area is 116 Å². The molecule has 1 aliphatic heterocycles. The molecule has 1 aromatic rings. The summed E-state index contributed by atoms with van der Waals surface area (Å²) < 4.78 is 10.4. The van der Waals surface area contributed by atoms with Crippen LogP contribution in [0, 0.1) is 5.92 Å². The monoisotopic (exact) mass is 285 g/mol.